The molecule has 3 rings (SSSR count). The highest BCUT2D eigenvalue weighted by Gasteiger charge is 2.29. The van der Waals surface area contributed by atoms with Crippen molar-refractivity contribution in [3.8, 4) is 0 Å². The molecule has 0 saturated heterocycles. The molecule has 0 aliphatic heterocycles. The standard InChI is InChI=1S/C22H22Cl2N2O4S/c1-2-3-10-30-22(27)14-26(31(28,29)17-12-15(23)11-16(24)13-17)21-9-5-6-18-19(21)7-4-8-20(18)25/h4-9,11-13H,2-3,10,14,25H2,1H3. The first kappa shape index (κ1) is 23.2. The van der Waals surface area contributed by atoms with Crippen molar-refractivity contribution >= 4 is 61.3 Å². The molecule has 0 heterocycles. The molecule has 2 N–H and O–H groups in total. The van der Waals surface area contributed by atoms with Crippen LogP contribution in [0, 0.1) is 0 Å². The van der Waals surface area contributed by atoms with Crippen LogP contribution in [0.25, 0.3) is 10.8 Å². The molecule has 0 spiro atoms. The van der Waals surface area contributed by atoms with Crippen LogP contribution in [0.15, 0.2) is 59.5 Å². The summed E-state index contributed by atoms with van der Waals surface area (Å²) in [5.74, 6) is -0.661. The van der Waals surface area contributed by atoms with E-state index < -0.39 is 22.5 Å². The summed E-state index contributed by atoms with van der Waals surface area (Å²) < 4.78 is 33.4. The van der Waals surface area contributed by atoms with Gasteiger partial charge in [-0.1, -0.05) is 60.8 Å². The predicted molar refractivity (Wildman–Crippen MR) is 125 cm³/mol. The number of hydrogen-bond acceptors (Lipinski definition) is 5. The zero-order valence-corrected chi connectivity index (χ0v) is 19.2. The van der Waals surface area contributed by atoms with Gasteiger partial charge >= 0.3 is 5.97 Å². The second kappa shape index (κ2) is 9.77. The Morgan fingerprint density at radius 3 is 2.35 bits per heavy atom. The van der Waals surface area contributed by atoms with Crippen molar-refractivity contribution in [3.63, 3.8) is 0 Å². The molecule has 0 atom stereocenters. The van der Waals surface area contributed by atoms with Gasteiger partial charge in [0.2, 0.25) is 0 Å². The van der Waals surface area contributed by atoms with Gasteiger partial charge < -0.3 is 10.5 Å². The summed E-state index contributed by atoms with van der Waals surface area (Å²) in [6.45, 7) is 1.67. The van der Waals surface area contributed by atoms with Gasteiger partial charge in [-0.05, 0) is 36.8 Å². The van der Waals surface area contributed by atoms with Gasteiger partial charge in [0.25, 0.3) is 10.0 Å². The third-order valence-corrected chi connectivity index (χ3v) is 6.83. The molecule has 3 aromatic carbocycles. The lowest BCUT2D eigenvalue weighted by Gasteiger charge is -2.25. The third-order valence-electron chi connectivity index (χ3n) is 4.66. The second-order valence-electron chi connectivity index (χ2n) is 6.91. The van der Waals surface area contributed by atoms with Crippen LogP contribution >= 0.6 is 23.2 Å². The minimum absolute atomic E-state index is 0.132. The number of carbonyl (C=O) groups excluding carboxylic acids is 1. The van der Waals surface area contributed by atoms with E-state index in [1.54, 1.807) is 36.4 Å². The van der Waals surface area contributed by atoms with Gasteiger partial charge in [-0.15, -0.1) is 0 Å². The van der Waals surface area contributed by atoms with Crippen molar-refractivity contribution in [1.82, 2.24) is 0 Å². The van der Waals surface area contributed by atoms with E-state index in [-0.39, 0.29) is 21.5 Å². The number of hydrogen-bond donors (Lipinski definition) is 1. The monoisotopic (exact) mass is 480 g/mol. The van der Waals surface area contributed by atoms with Crippen molar-refractivity contribution in [3.05, 3.63) is 64.6 Å². The number of rotatable bonds is 8. The fourth-order valence-electron chi connectivity index (χ4n) is 3.13. The average molecular weight is 481 g/mol. The van der Waals surface area contributed by atoms with Gasteiger partial charge in [0, 0.05) is 26.5 Å². The minimum atomic E-state index is -4.21. The number of nitrogens with zero attached hydrogens (tertiary/aromatic N) is 1. The van der Waals surface area contributed by atoms with Crippen molar-refractivity contribution in [2.45, 2.75) is 24.7 Å². The Bertz CT molecular complexity index is 1200. The van der Waals surface area contributed by atoms with Gasteiger partial charge in [0.05, 0.1) is 17.2 Å². The molecular formula is C22H22Cl2N2O4S. The summed E-state index contributed by atoms with van der Waals surface area (Å²) in [4.78, 5) is 12.4. The lowest BCUT2D eigenvalue weighted by atomic mass is 10.1. The molecule has 0 radical (unpaired) electrons. The maximum absolute atomic E-state index is 13.6. The van der Waals surface area contributed by atoms with E-state index in [0.717, 1.165) is 10.7 Å². The molecule has 9 heteroatoms. The largest absolute Gasteiger partial charge is 0.464 e. The van der Waals surface area contributed by atoms with Crippen LogP contribution in [-0.2, 0) is 19.6 Å². The second-order valence-corrected chi connectivity index (χ2v) is 9.65. The number of unbranched alkanes of at least 4 members (excludes halogenated alkanes) is 1. The lowest BCUT2D eigenvalue weighted by molar-refractivity contribution is -0.141. The van der Waals surface area contributed by atoms with Crippen molar-refractivity contribution < 1.29 is 17.9 Å². The predicted octanol–water partition coefficient (Wildman–Crippen LogP) is 5.27. The van der Waals surface area contributed by atoms with Gasteiger partial charge in [-0.3, -0.25) is 9.10 Å². The zero-order valence-electron chi connectivity index (χ0n) is 16.8. The van der Waals surface area contributed by atoms with Crippen LogP contribution in [0.1, 0.15) is 19.8 Å². The Kier molecular flexibility index (Phi) is 7.30. The fraction of sp³-hybridized carbons (Fsp3) is 0.227. The maximum Gasteiger partial charge on any atom is 0.326 e. The molecule has 6 nitrogen and oxygen atoms in total. The summed E-state index contributed by atoms with van der Waals surface area (Å²) in [7, 11) is -4.21. The van der Waals surface area contributed by atoms with E-state index >= 15 is 0 Å². The van der Waals surface area contributed by atoms with Crippen molar-refractivity contribution in [1.29, 1.82) is 0 Å². The Morgan fingerprint density at radius 2 is 1.68 bits per heavy atom. The SMILES string of the molecule is CCCCOC(=O)CN(c1cccc2c(N)cccc12)S(=O)(=O)c1cc(Cl)cc(Cl)c1. The van der Waals surface area contributed by atoms with E-state index in [1.165, 1.54) is 18.2 Å². The molecule has 0 aliphatic carbocycles. The molecule has 31 heavy (non-hydrogen) atoms. The minimum Gasteiger partial charge on any atom is -0.464 e. The number of halogens is 2. The molecule has 0 bridgehead atoms. The quantitative estimate of drug-likeness (QED) is 0.269. The Hall–Kier alpha value is -2.48. The summed E-state index contributed by atoms with van der Waals surface area (Å²) in [5.41, 5.74) is 6.87. The van der Waals surface area contributed by atoms with Crippen LogP contribution in [0.4, 0.5) is 11.4 Å². The number of esters is 1. The number of ether oxygens (including phenoxy) is 1. The summed E-state index contributed by atoms with van der Waals surface area (Å²) in [6.07, 6.45) is 1.53. The van der Waals surface area contributed by atoms with E-state index in [2.05, 4.69) is 0 Å². The molecule has 0 aliphatic rings. The molecule has 0 saturated carbocycles. The number of sulfonamides is 1. The summed E-state index contributed by atoms with van der Waals surface area (Å²) >= 11 is 12.1. The first-order chi connectivity index (χ1) is 14.7. The topological polar surface area (TPSA) is 89.7 Å². The number of nitrogen functional groups attached to an aromatic ring is 1. The van der Waals surface area contributed by atoms with E-state index in [9.17, 15) is 13.2 Å². The molecule has 164 valence electrons. The summed E-state index contributed by atoms with van der Waals surface area (Å²) in [5, 5.41) is 1.58. The van der Waals surface area contributed by atoms with Crippen molar-refractivity contribution in [2.75, 3.05) is 23.2 Å². The molecule has 3 aromatic rings. The number of anilines is 2. The fourth-order valence-corrected chi connectivity index (χ4v) is 5.29. The molecule has 0 fully saturated rings. The molecule has 0 amide bonds. The van der Waals surface area contributed by atoms with Crippen LogP contribution in [0.3, 0.4) is 0 Å². The van der Waals surface area contributed by atoms with Gasteiger partial charge in [0.15, 0.2) is 0 Å². The van der Waals surface area contributed by atoms with Crippen LogP contribution < -0.4 is 10.0 Å². The summed E-state index contributed by atoms with van der Waals surface area (Å²) in [6, 6.07) is 14.3. The first-order valence-corrected chi connectivity index (χ1v) is 11.9. The van der Waals surface area contributed by atoms with Crippen LogP contribution in [0.5, 0.6) is 0 Å². The first-order valence-electron chi connectivity index (χ1n) is 9.65. The van der Waals surface area contributed by atoms with E-state index in [0.29, 0.717) is 28.6 Å². The maximum atomic E-state index is 13.6. The smallest absolute Gasteiger partial charge is 0.326 e. The van der Waals surface area contributed by atoms with Crippen molar-refractivity contribution in [2.24, 2.45) is 0 Å². The number of nitrogens with two attached hydrogens (primary N) is 1. The Labute approximate surface area is 191 Å². The third kappa shape index (κ3) is 5.23. The van der Waals surface area contributed by atoms with E-state index in [4.69, 9.17) is 33.7 Å². The molecular weight excluding hydrogens is 459 g/mol. The normalized spacial score (nSPS) is 11.5. The lowest BCUT2D eigenvalue weighted by Crippen LogP contribution is -2.37. The van der Waals surface area contributed by atoms with Crippen LogP contribution in [0.2, 0.25) is 10.0 Å². The highest BCUT2D eigenvalue weighted by atomic mass is 35.5. The number of carbonyl (C=O) groups is 1. The molecule has 0 aromatic heterocycles. The van der Waals surface area contributed by atoms with Crippen LogP contribution in [-0.4, -0.2) is 27.5 Å². The average Bonchev–Trinajstić information content (AvgIpc) is 2.71. The Balaban J connectivity index is 2.14. The number of fused-ring (bicyclic) bond motifs is 1. The van der Waals surface area contributed by atoms with Gasteiger partial charge in [0.1, 0.15) is 6.54 Å². The van der Waals surface area contributed by atoms with Gasteiger partial charge in [-0.2, -0.15) is 0 Å². The number of benzene rings is 3. The Morgan fingerprint density at radius 1 is 1.03 bits per heavy atom. The van der Waals surface area contributed by atoms with E-state index in [1.807, 2.05) is 6.92 Å². The molecule has 0 unspecified atom stereocenters. The van der Waals surface area contributed by atoms with Gasteiger partial charge in [-0.25, -0.2) is 8.42 Å². The zero-order chi connectivity index (χ0) is 22.6. The highest BCUT2D eigenvalue weighted by Crippen LogP contribution is 2.34. The highest BCUT2D eigenvalue weighted by molar-refractivity contribution is 7.92.